The Morgan fingerprint density at radius 1 is 0.645 bits per heavy atom. The first-order valence-electron chi connectivity index (χ1n) is 10.5. The summed E-state index contributed by atoms with van der Waals surface area (Å²) < 4.78 is 11.8. The van der Waals surface area contributed by atoms with E-state index in [2.05, 4.69) is 97.1 Å². The van der Waals surface area contributed by atoms with Crippen molar-refractivity contribution in [2.24, 2.45) is 0 Å². The van der Waals surface area contributed by atoms with Crippen molar-refractivity contribution in [2.75, 3.05) is 13.7 Å². The average molecular weight is 426 g/mol. The largest absolute Gasteiger partial charge is 0.382 e. The Hall–Kier alpha value is -2.77. The Labute approximate surface area is 186 Å². The van der Waals surface area contributed by atoms with Crippen LogP contribution in [0.5, 0.6) is 0 Å². The minimum Gasteiger partial charge on any atom is -0.382 e. The van der Waals surface area contributed by atoms with Crippen LogP contribution >= 0.6 is 7.92 Å². The lowest BCUT2D eigenvalue weighted by atomic mass is 10.1. The van der Waals surface area contributed by atoms with Crippen LogP contribution < -0.4 is 15.9 Å². The van der Waals surface area contributed by atoms with Crippen LogP contribution in [0, 0.1) is 0 Å². The van der Waals surface area contributed by atoms with Crippen LogP contribution in [0.2, 0.25) is 0 Å². The van der Waals surface area contributed by atoms with Crippen LogP contribution in [0.15, 0.2) is 115 Å². The van der Waals surface area contributed by atoms with Gasteiger partial charge in [0.2, 0.25) is 0 Å². The molecular formula is C28H27O2P. The van der Waals surface area contributed by atoms with Crippen molar-refractivity contribution in [1.29, 1.82) is 0 Å². The Kier molecular flexibility index (Phi) is 7.63. The van der Waals surface area contributed by atoms with Crippen molar-refractivity contribution in [3.8, 4) is 0 Å². The van der Waals surface area contributed by atoms with Gasteiger partial charge in [0, 0.05) is 7.11 Å². The zero-order valence-corrected chi connectivity index (χ0v) is 18.6. The summed E-state index contributed by atoms with van der Waals surface area (Å²) in [5.41, 5.74) is 2.36. The lowest BCUT2D eigenvalue weighted by molar-refractivity contribution is -0.0125. The summed E-state index contributed by atoms with van der Waals surface area (Å²) in [6.45, 7) is 1.07. The molecule has 31 heavy (non-hydrogen) atoms. The molecule has 0 fully saturated rings. The maximum atomic E-state index is 6.40. The second-order valence-electron chi connectivity index (χ2n) is 7.30. The zero-order chi connectivity index (χ0) is 21.3. The average Bonchev–Trinajstić information content (AvgIpc) is 2.85. The molecule has 1 atom stereocenters. The number of methoxy groups -OCH3 is 1. The van der Waals surface area contributed by atoms with E-state index < -0.39 is 7.92 Å². The molecule has 0 aliphatic rings. The summed E-state index contributed by atoms with van der Waals surface area (Å²) in [5.74, 6) is 0. The van der Waals surface area contributed by atoms with Crippen molar-refractivity contribution in [3.05, 3.63) is 126 Å². The van der Waals surface area contributed by atoms with Crippen molar-refractivity contribution < 1.29 is 9.47 Å². The fraction of sp³-hybridized carbons (Fsp3) is 0.143. The number of ether oxygens (including phenoxy) is 2. The first-order chi connectivity index (χ1) is 15.4. The molecule has 0 aliphatic carbocycles. The molecule has 0 spiro atoms. The molecule has 0 bridgehead atoms. The van der Waals surface area contributed by atoms with Gasteiger partial charge in [0.05, 0.1) is 13.2 Å². The Morgan fingerprint density at radius 2 is 1.16 bits per heavy atom. The van der Waals surface area contributed by atoms with E-state index in [-0.39, 0.29) is 6.10 Å². The van der Waals surface area contributed by atoms with Gasteiger partial charge in [-0.1, -0.05) is 115 Å². The van der Waals surface area contributed by atoms with E-state index in [4.69, 9.17) is 9.47 Å². The number of hydrogen-bond donors (Lipinski definition) is 0. The quantitative estimate of drug-likeness (QED) is 0.336. The highest BCUT2D eigenvalue weighted by Gasteiger charge is 2.20. The highest BCUT2D eigenvalue weighted by atomic mass is 31.1. The summed E-state index contributed by atoms with van der Waals surface area (Å²) >= 11 is 0. The first kappa shape index (κ1) is 21.5. The molecule has 0 aliphatic heterocycles. The summed E-state index contributed by atoms with van der Waals surface area (Å²) in [4.78, 5) is 0. The predicted molar refractivity (Wildman–Crippen MR) is 131 cm³/mol. The van der Waals surface area contributed by atoms with E-state index in [9.17, 15) is 0 Å². The van der Waals surface area contributed by atoms with E-state index in [1.807, 2.05) is 18.2 Å². The third-order valence-electron chi connectivity index (χ3n) is 5.19. The Morgan fingerprint density at radius 3 is 1.74 bits per heavy atom. The number of rotatable bonds is 9. The topological polar surface area (TPSA) is 18.5 Å². The maximum absolute atomic E-state index is 6.40. The van der Waals surface area contributed by atoms with E-state index in [1.54, 1.807) is 7.11 Å². The lowest BCUT2D eigenvalue weighted by Crippen LogP contribution is -2.24. The molecule has 156 valence electrons. The standard InChI is InChI=1S/C28H27O2P/c1-29-22-27(23-13-5-2-6-14-23)30-21-24-15-11-12-20-28(24)31(25-16-7-3-8-17-25)26-18-9-4-10-19-26/h2-20,27H,21-22H2,1H3. The minimum absolute atomic E-state index is 0.0982. The van der Waals surface area contributed by atoms with Crippen LogP contribution in [-0.2, 0) is 16.1 Å². The van der Waals surface area contributed by atoms with E-state index in [0.717, 1.165) is 5.56 Å². The second-order valence-corrected chi connectivity index (χ2v) is 9.49. The van der Waals surface area contributed by atoms with Gasteiger partial charge in [0.1, 0.15) is 6.10 Å². The molecule has 0 N–H and O–H groups in total. The van der Waals surface area contributed by atoms with Gasteiger partial charge >= 0.3 is 0 Å². The van der Waals surface area contributed by atoms with Gasteiger partial charge in [-0.25, -0.2) is 0 Å². The van der Waals surface area contributed by atoms with Gasteiger partial charge in [0.25, 0.3) is 0 Å². The molecule has 0 saturated heterocycles. The van der Waals surface area contributed by atoms with E-state index in [0.29, 0.717) is 13.2 Å². The van der Waals surface area contributed by atoms with Gasteiger partial charge < -0.3 is 9.47 Å². The van der Waals surface area contributed by atoms with Gasteiger partial charge in [-0.05, 0) is 35.0 Å². The summed E-state index contributed by atoms with van der Waals surface area (Å²) in [7, 11) is 1.05. The molecule has 0 aromatic heterocycles. The van der Waals surface area contributed by atoms with E-state index >= 15 is 0 Å². The molecule has 0 heterocycles. The van der Waals surface area contributed by atoms with Crippen LogP contribution in [0.25, 0.3) is 0 Å². The van der Waals surface area contributed by atoms with Crippen LogP contribution in [0.3, 0.4) is 0 Å². The molecule has 0 radical (unpaired) electrons. The molecule has 0 saturated carbocycles. The van der Waals surface area contributed by atoms with Gasteiger partial charge in [-0.3, -0.25) is 0 Å². The summed E-state index contributed by atoms with van der Waals surface area (Å²) in [6, 6.07) is 40.5. The molecule has 1 unspecified atom stereocenters. The monoisotopic (exact) mass is 426 g/mol. The molecule has 4 aromatic carbocycles. The minimum atomic E-state index is -0.671. The zero-order valence-electron chi connectivity index (χ0n) is 17.7. The van der Waals surface area contributed by atoms with Gasteiger partial charge in [-0.2, -0.15) is 0 Å². The Bertz CT molecular complexity index is 1010. The summed E-state index contributed by atoms with van der Waals surface area (Å²) in [5, 5.41) is 4.01. The molecule has 0 amide bonds. The fourth-order valence-corrected chi connectivity index (χ4v) is 6.14. The predicted octanol–water partition coefficient (Wildman–Crippen LogP) is 5.35. The van der Waals surface area contributed by atoms with Gasteiger partial charge in [-0.15, -0.1) is 0 Å². The smallest absolute Gasteiger partial charge is 0.106 e. The Balaban J connectivity index is 1.66. The van der Waals surface area contributed by atoms with Gasteiger partial charge in [0.15, 0.2) is 0 Å². The highest BCUT2D eigenvalue weighted by Crippen LogP contribution is 2.34. The molecule has 4 aromatic rings. The highest BCUT2D eigenvalue weighted by molar-refractivity contribution is 7.79. The van der Waals surface area contributed by atoms with Crippen LogP contribution in [-0.4, -0.2) is 13.7 Å². The number of benzene rings is 4. The summed E-state index contributed by atoms with van der Waals surface area (Å²) in [6.07, 6.45) is -0.0982. The lowest BCUT2D eigenvalue weighted by Gasteiger charge is -2.24. The van der Waals surface area contributed by atoms with E-state index in [1.165, 1.54) is 21.5 Å². The van der Waals surface area contributed by atoms with Crippen molar-refractivity contribution in [3.63, 3.8) is 0 Å². The third-order valence-corrected chi connectivity index (χ3v) is 7.74. The van der Waals surface area contributed by atoms with Crippen molar-refractivity contribution in [2.45, 2.75) is 12.7 Å². The number of hydrogen-bond acceptors (Lipinski definition) is 2. The molecular weight excluding hydrogens is 399 g/mol. The molecule has 2 nitrogen and oxygen atoms in total. The SMILES string of the molecule is COCC(OCc1ccccc1P(c1ccccc1)c1ccccc1)c1ccccc1. The normalized spacial score (nSPS) is 12.1. The first-order valence-corrected chi connectivity index (χ1v) is 11.8. The van der Waals surface area contributed by atoms with Crippen molar-refractivity contribution in [1.82, 2.24) is 0 Å². The molecule has 4 rings (SSSR count). The van der Waals surface area contributed by atoms with Crippen molar-refractivity contribution >= 4 is 23.8 Å². The molecule has 3 heteroatoms. The van der Waals surface area contributed by atoms with Crippen LogP contribution in [0.4, 0.5) is 0 Å². The second kappa shape index (κ2) is 11.0. The van der Waals surface area contributed by atoms with Crippen LogP contribution in [0.1, 0.15) is 17.2 Å². The maximum Gasteiger partial charge on any atom is 0.106 e. The third kappa shape index (κ3) is 5.48. The fourth-order valence-electron chi connectivity index (χ4n) is 3.68.